The van der Waals surface area contributed by atoms with E-state index < -0.39 is 0 Å². The molecule has 0 fully saturated rings. The van der Waals surface area contributed by atoms with E-state index >= 15 is 0 Å². The largest absolute Gasteiger partial charge is 0.355 e. The number of carbonyl (C=O) groups excluding carboxylic acids is 2. The van der Waals surface area contributed by atoms with Gasteiger partial charge in [-0.25, -0.2) is 0 Å². The third kappa shape index (κ3) is 5.04. The van der Waals surface area contributed by atoms with E-state index in [-0.39, 0.29) is 18.2 Å². The summed E-state index contributed by atoms with van der Waals surface area (Å²) in [6, 6.07) is 7.23. The van der Waals surface area contributed by atoms with Crippen LogP contribution in [0.15, 0.2) is 36.9 Å². The van der Waals surface area contributed by atoms with Crippen molar-refractivity contribution in [2.24, 2.45) is 7.05 Å². The van der Waals surface area contributed by atoms with Crippen LogP contribution in [0, 0.1) is 13.8 Å². The van der Waals surface area contributed by atoms with E-state index in [1.54, 1.807) is 12.1 Å². The smallest absolute Gasteiger partial charge is 0.247 e. The summed E-state index contributed by atoms with van der Waals surface area (Å²) in [6.07, 6.45) is 2.23. The maximum absolute atomic E-state index is 12.1. The van der Waals surface area contributed by atoms with Gasteiger partial charge in [-0.3, -0.25) is 14.3 Å². The number of benzene rings is 1. The van der Waals surface area contributed by atoms with Gasteiger partial charge < -0.3 is 10.6 Å². The van der Waals surface area contributed by atoms with Crippen LogP contribution in [0.5, 0.6) is 0 Å². The highest BCUT2D eigenvalue weighted by Crippen LogP contribution is 2.13. The first-order valence-electron chi connectivity index (χ1n) is 8.19. The molecule has 1 aromatic carbocycles. The van der Waals surface area contributed by atoms with Crippen molar-refractivity contribution in [2.75, 3.05) is 11.9 Å². The van der Waals surface area contributed by atoms with Gasteiger partial charge in [-0.05, 0) is 49.6 Å². The SMILES string of the molecule is C=CC(=O)Nc1cccc(CC(=O)NCCc2c(C)nn(C)c2C)c1. The van der Waals surface area contributed by atoms with Gasteiger partial charge in [0.1, 0.15) is 0 Å². The van der Waals surface area contributed by atoms with Crippen LogP contribution in [0.2, 0.25) is 0 Å². The summed E-state index contributed by atoms with van der Waals surface area (Å²) in [4.78, 5) is 23.5. The first kappa shape index (κ1) is 18.4. The molecule has 0 spiro atoms. The third-order valence-corrected chi connectivity index (χ3v) is 4.10. The van der Waals surface area contributed by atoms with E-state index in [0.717, 1.165) is 23.4 Å². The predicted octanol–water partition coefficient (Wildman–Crippen LogP) is 2.06. The third-order valence-electron chi connectivity index (χ3n) is 4.10. The summed E-state index contributed by atoms with van der Waals surface area (Å²) < 4.78 is 1.86. The van der Waals surface area contributed by atoms with Crippen LogP contribution in [0.4, 0.5) is 5.69 Å². The minimum atomic E-state index is -0.274. The zero-order valence-corrected chi connectivity index (χ0v) is 14.9. The lowest BCUT2D eigenvalue weighted by Crippen LogP contribution is -2.27. The maximum atomic E-state index is 12.1. The lowest BCUT2D eigenvalue weighted by molar-refractivity contribution is -0.120. The molecule has 0 bridgehead atoms. The van der Waals surface area contributed by atoms with Crippen molar-refractivity contribution >= 4 is 17.5 Å². The summed E-state index contributed by atoms with van der Waals surface area (Å²) in [5.41, 5.74) is 4.79. The van der Waals surface area contributed by atoms with Gasteiger partial charge in [0, 0.05) is 25.0 Å². The minimum absolute atomic E-state index is 0.0496. The van der Waals surface area contributed by atoms with E-state index in [9.17, 15) is 9.59 Å². The molecule has 2 rings (SSSR count). The zero-order valence-electron chi connectivity index (χ0n) is 14.9. The molecule has 2 aromatic rings. The molecule has 0 radical (unpaired) electrons. The number of nitrogens with one attached hydrogen (secondary N) is 2. The van der Waals surface area contributed by atoms with Crippen molar-refractivity contribution in [3.8, 4) is 0 Å². The molecule has 25 heavy (non-hydrogen) atoms. The Bertz CT molecular complexity index is 793. The summed E-state index contributed by atoms with van der Waals surface area (Å²) in [7, 11) is 1.92. The van der Waals surface area contributed by atoms with Gasteiger partial charge in [-0.2, -0.15) is 5.10 Å². The molecule has 0 aliphatic rings. The van der Waals surface area contributed by atoms with Crippen molar-refractivity contribution in [2.45, 2.75) is 26.7 Å². The van der Waals surface area contributed by atoms with Gasteiger partial charge in [-0.15, -0.1) is 0 Å². The van der Waals surface area contributed by atoms with Crippen LogP contribution < -0.4 is 10.6 Å². The molecule has 2 N–H and O–H groups in total. The fourth-order valence-electron chi connectivity index (χ4n) is 2.71. The number of hydrogen-bond donors (Lipinski definition) is 2. The number of amides is 2. The summed E-state index contributed by atoms with van der Waals surface area (Å²) in [5, 5.41) is 10.0. The normalized spacial score (nSPS) is 10.4. The van der Waals surface area contributed by atoms with Crippen LogP contribution in [-0.4, -0.2) is 28.1 Å². The van der Waals surface area contributed by atoms with Gasteiger partial charge in [0.05, 0.1) is 12.1 Å². The first-order chi connectivity index (χ1) is 11.9. The lowest BCUT2D eigenvalue weighted by atomic mass is 10.1. The molecule has 0 atom stereocenters. The summed E-state index contributed by atoms with van der Waals surface area (Å²) in [6.45, 7) is 7.99. The molecular weight excluding hydrogens is 316 g/mol. The Morgan fingerprint density at radius 1 is 1.32 bits per heavy atom. The molecular formula is C19H24N4O2. The predicted molar refractivity (Wildman–Crippen MR) is 98.4 cm³/mol. The number of nitrogens with zero attached hydrogens (tertiary/aromatic N) is 2. The number of aryl methyl sites for hydroxylation is 2. The highest BCUT2D eigenvalue weighted by Gasteiger charge is 2.10. The van der Waals surface area contributed by atoms with E-state index in [1.165, 1.54) is 11.6 Å². The molecule has 0 unspecified atom stereocenters. The van der Waals surface area contributed by atoms with Crippen molar-refractivity contribution in [1.82, 2.24) is 15.1 Å². The fraction of sp³-hybridized carbons (Fsp3) is 0.316. The maximum Gasteiger partial charge on any atom is 0.247 e. The molecule has 132 valence electrons. The van der Waals surface area contributed by atoms with Crippen LogP contribution in [0.1, 0.15) is 22.5 Å². The van der Waals surface area contributed by atoms with Gasteiger partial charge in [-0.1, -0.05) is 18.7 Å². The van der Waals surface area contributed by atoms with Crippen molar-refractivity contribution in [3.63, 3.8) is 0 Å². The number of carbonyl (C=O) groups is 2. The first-order valence-corrected chi connectivity index (χ1v) is 8.19. The monoisotopic (exact) mass is 340 g/mol. The van der Waals surface area contributed by atoms with Gasteiger partial charge >= 0.3 is 0 Å². The number of anilines is 1. The molecule has 6 nitrogen and oxygen atoms in total. The van der Waals surface area contributed by atoms with E-state index in [4.69, 9.17) is 0 Å². The Labute approximate surface area is 147 Å². The zero-order chi connectivity index (χ0) is 18.4. The van der Waals surface area contributed by atoms with E-state index in [0.29, 0.717) is 12.2 Å². The van der Waals surface area contributed by atoms with Gasteiger partial charge in [0.2, 0.25) is 11.8 Å². The number of rotatable bonds is 7. The number of aromatic nitrogens is 2. The topological polar surface area (TPSA) is 76.0 Å². The highest BCUT2D eigenvalue weighted by molar-refractivity contribution is 5.98. The molecule has 6 heteroatoms. The summed E-state index contributed by atoms with van der Waals surface area (Å²) >= 11 is 0. The number of hydrogen-bond acceptors (Lipinski definition) is 3. The molecule has 0 aliphatic heterocycles. The fourth-order valence-corrected chi connectivity index (χ4v) is 2.71. The van der Waals surface area contributed by atoms with Gasteiger partial charge in [0.25, 0.3) is 0 Å². The Morgan fingerprint density at radius 2 is 2.08 bits per heavy atom. The molecule has 1 heterocycles. The van der Waals surface area contributed by atoms with Crippen molar-refractivity contribution < 1.29 is 9.59 Å². The average molecular weight is 340 g/mol. The minimum Gasteiger partial charge on any atom is -0.355 e. The Morgan fingerprint density at radius 3 is 2.72 bits per heavy atom. The van der Waals surface area contributed by atoms with Gasteiger partial charge in [0.15, 0.2) is 0 Å². The Kier molecular flexibility index (Phi) is 6.11. The van der Waals surface area contributed by atoms with Crippen LogP contribution in [0.25, 0.3) is 0 Å². The molecule has 0 saturated carbocycles. The lowest BCUT2D eigenvalue weighted by Gasteiger charge is -2.08. The average Bonchev–Trinajstić information content (AvgIpc) is 2.81. The van der Waals surface area contributed by atoms with Crippen LogP contribution >= 0.6 is 0 Å². The second-order valence-electron chi connectivity index (χ2n) is 5.94. The molecule has 0 aliphatic carbocycles. The molecule has 0 saturated heterocycles. The highest BCUT2D eigenvalue weighted by atomic mass is 16.2. The second-order valence-corrected chi connectivity index (χ2v) is 5.94. The molecule has 2 amide bonds. The van der Waals surface area contributed by atoms with E-state index in [2.05, 4.69) is 22.3 Å². The standard InChI is InChI=1S/C19H24N4O2/c1-5-18(24)21-16-8-6-7-15(11-16)12-19(25)20-10-9-17-13(2)22-23(4)14(17)3/h5-8,11H,1,9-10,12H2,2-4H3,(H,20,25)(H,21,24). The van der Waals surface area contributed by atoms with Crippen LogP contribution in [0.3, 0.4) is 0 Å². The van der Waals surface area contributed by atoms with Crippen LogP contribution in [-0.2, 0) is 29.5 Å². The van der Waals surface area contributed by atoms with E-state index in [1.807, 2.05) is 37.7 Å². The second kappa shape index (κ2) is 8.28. The quantitative estimate of drug-likeness (QED) is 0.758. The summed E-state index contributed by atoms with van der Waals surface area (Å²) in [5.74, 6) is -0.324. The Hall–Kier alpha value is -2.89. The molecule has 1 aromatic heterocycles. The van der Waals surface area contributed by atoms with Crippen molar-refractivity contribution in [3.05, 3.63) is 59.4 Å². The Balaban J connectivity index is 1.87. The van der Waals surface area contributed by atoms with Crippen molar-refractivity contribution in [1.29, 1.82) is 0 Å².